The van der Waals surface area contributed by atoms with Crippen LogP contribution in [-0.2, 0) is 11.2 Å². The number of para-hydroxylation sites is 1. The van der Waals surface area contributed by atoms with E-state index in [2.05, 4.69) is 5.32 Å². The molecule has 108 valence electrons. The fourth-order valence-corrected chi connectivity index (χ4v) is 2.05. The van der Waals surface area contributed by atoms with E-state index >= 15 is 0 Å². The van der Waals surface area contributed by atoms with Crippen LogP contribution >= 0.6 is 0 Å². The third-order valence-electron chi connectivity index (χ3n) is 3.20. The highest BCUT2D eigenvalue weighted by atomic mass is 16.1. The smallest absolute Gasteiger partial charge is 0.257 e. The number of nitrogen functional groups attached to an aromatic ring is 1. The van der Waals surface area contributed by atoms with Crippen LogP contribution in [0.25, 0.3) is 0 Å². The SMILES string of the molecule is Nc1ccccc1C(=O)Nc1ccc(CCCC=O)cc1. The van der Waals surface area contributed by atoms with Gasteiger partial charge in [-0.05, 0) is 42.7 Å². The molecule has 0 aliphatic heterocycles. The molecule has 0 radical (unpaired) electrons. The summed E-state index contributed by atoms with van der Waals surface area (Å²) < 4.78 is 0. The first-order valence-electron chi connectivity index (χ1n) is 6.89. The van der Waals surface area contributed by atoms with Crippen LogP contribution in [0.15, 0.2) is 48.5 Å². The Morgan fingerprint density at radius 1 is 1.10 bits per heavy atom. The fourth-order valence-electron chi connectivity index (χ4n) is 2.05. The van der Waals surface area contributed by atoms with E-state index in [9.17, 15) is 9.59 Å². The minimum atomic E-state index is -0.221. The lowest BCUT2D eigenvalue weighted by Crippen LogP contribution is -2.13. The molecule has 0 heterocycles. The summed E-state index contributed by atoms with van der Waals surface area (Å²) in [5.74, 6) is -0.221. The van der Waals surface area contributed by atoms with Crippen LogP contribution in [0.5, 0.6) is 0 Å². The van der Waals surface area contributed by atoms with Crippen molar-refractivity contribution in [3.8, 4) is 0 Å². The molecule has 0 aliphatic carbocycles. The number of hydrogen-bond donors (Lipinski definition) is 2. The van der Waals surface area contributed by atoms with Crippen molar-refractivity contribution in [3.63, 3.8) is 0 Å². The maximum atomic E-state index is 12.1. The van der Waals surface area contributed by atoms with E-state index in [1.54, 1.807) is 24.3 Å². The summed E-state index contributed by atoms with van der Waals surface area (Å²) in [7, 11) is 0. The molecule has 3 N–H and O–H groups in total. The van der Waals surface area contributed by atoms with Crippen molar-refractivity contribution in [3.05, 3.63) is 59.7 Å². The molecule has 4 nitrogen and oxygen atoms in total. The Bertz CT molecular complexity index is 621. The van der Waals surface area contributed by atoms with Crippen molar-refractivity contribution in [1.82, 2.24) is 0 Å². The topological polar surface area (TPSA) is 72.2 Å². The van der Waals surface area contributed by atoms with Gasteiger partial charge in [0.15, 0.2) is 0 Å². The van der Waals surface area contributed by atoms with E-state index in [1.165, 1.54) is 0 Å². The van der Waals surface area contributed by atoms with Gasteiger partial charge in [0.2, 0.25) is 0 Å². The number of aldehydes is 1. The minimum Gasteiger partial charge on any atom is -0.398 e. The monoisotopic (exact) mass is 282 g/mol. The lowest BCUT2D eigenvalue weighted by molar-refractivity contribution is -0.107. The molecule has 0 saturated carbocycles. The van der Waals surface area contributed by atoms with Crippen molar-refractivity contribution in [1.29, 1.82) is 0 Å². The molecule has 21 heavy (non-hydrogen) atoms. The molecule has 2 rings (SSSR count). The summed E-state index contributed by atoms with van der Waals surface area (Å²) in [6.07, 6.45) is 3.21. The van der Waals surface area contributed by atoms with Gasteiger partial charge in [0.1, 0.15) is 6.29 Å². The molecule has 0 unspecified atom stereocenters. The second kappa shape index (κ2) is 7.24. The first-order chi connectivity index (χ1) is 10.2. The lowest BCUT2D eigenvalue weighted by atomic mass is 10.1. The molecule has 0 bridgehead atoms. The highest BCUT2D eigenvalue weighted by molar-refractivity contribution is 6.07. The van der Waals surface area contributed by atoms with E-state index in [-0.39, 0.29) is 5.91 Å². The molecule has 1 amide bonds. The average Bonchev–Trinajstić information content (AvgIpc) is 2.49. The summed E-state index contributed by atoms with van der Waals surface area (Å²) >= 11 is 0. The third-order valence-corrected chi connectivity index (χ3v) is 3.20. The fraction of sp³-hybridized carbons (Fsp3) is 0.176. The molecule has 2 aromatic rings. The van der Waals surface area contributed by atoms with Crippen LogP contribution in [0.2, 0.25) is 0 Å². The van der Waals surface area contributed by atoms with Crippen LogP contribution in [-0.4, -0.2) is 12.2 Å². The average molecular weight is 282 g/mol. The first-order valence-corrected chi connectivity index (χ1v) is 6.89. The van der Waals surface area contributed by atoms with Gasteiger partial charge in [-0.3, -0.25) is 4.79 Å². The Morgan fingerprint density at radius 2 is 1.81 bits per heavy atom. The molecular formula is C17H18N2O2. The second-order valence-electron chi connectivity index (χ2n) is 4.80. The number of carbonyl (C=O) groups excluding carboxylic acids is 2. The molecule has 0 atom stereocenters. The lowest BCUT2D eigenvalue weighted by Gasteiger charge is -2.08. The van der Waals surface area contributed by atoms with Gasteiger partial charge in [-0.15, -0.1) is 0 Å². The number of amides is 1. The normalized spacial score (nSPS) is 10.1. The number of nitrogens with one attached hydrogen (secondary N) is 1. The molecule has 4 heteroatoms. The van der Waals surface area contributed by atoms with Crippen molar-refractivity contribution in [2.45, 2.75) is 19.3 Å². The number of carbonyl (C=O) groups is 2. The number of aryl methyl sites for hydroxylation is 1. The Labute approximate surface area is 124 Å². The second-order valence-corrected chi connectivity index (χ2v) is 4.80. The molecular weight excluding hydrogens is 264 g/mol. The van der Waals surface area contributed by atoms with Crippen molar-refractivity contribution < 1.29 is 9.59 Å². The number of unbranched alkanes of at least 4 members (excludes halogenated alkanes) is 1. The molecule has 0 aromatic heterocycles. The molecule has 0 spiro atoms. The van der Waals surface area contributed by atoms with Gasteiger partial charge in [0.05, 0.1) is 5.56 Å². The number of rotatable bonds is 6. The first kappa shape index (κ1) is 14.8. The number of hydrogen-bond acceptors (Lipinski definition) is 3. The van der Waals surface area contributed by atoms with Gasteiger partial charge in [-0.2, -0.15) is 0 Å². The van der Waals surface area contributed by atoms with Gasteiger partial charge >= 0.3 is 0 Å². The van der Waals surface area contributed by atoms with E-state index in [0.717, 1.165) is 30.4 Å². The summed E-state index contributed by atoms with van der Waals surface area (Å²) in [4.78, 5) is 22.4. The van der Waals surface area contributed by atoms with E-state index in [1.807, 2.05) is 24.3 Å². The zero-order chi connectivity index (χ0) is 15.1. The number of nitrogens with two attached hydrogens (primary N) is 1. The Balaban J connectivity index is 1.98. The predicted molar refractivity (Wildman–Crippen MR) is 84.3 cm³/mol. The van der Waals surface area contributed by atoms with E-state index in [4.69, 9.17) is 5.73 Å². The summed E-state index contributed by atoms with van der Waals surface area (Å²) in [5, 5.41) is 2.82. The van der Waals surface area contributed by atoms with Crippen LogP contribution in [0.4, 0.5) is 11.4 Å². The van der Waals surface area contributed by atoms with Gasteiger partial charge in [0, 0.05) is 17.8 Å². The Hall–Kier alpha value is -2.62. The van der Waals surface area contributed by atoms with Crippen LogP contribution in [0.1, 0.15) is 28.8 Å². The van der Waals surface area contributed by atoms with Gasteiger partial charge in [0.25, 0.3) is 5.91 Å². The van der Waals surface area contributed by atoms with Crippen molar-refractivity contribution in [2.24, 2.45) is 0 Å². The minimum absolute atomic E-state index is 0.221. The quantitative estimate of drug-likeness (QED) is 0.486. The highest BCUT2D eigenvalue weighted by Gasteiger charge is 2.08. The zero-order valence-corrected chi connectivity index (χ0v) is 11.7. The van der Waals surface area contributed by atoms with Crippen molar-refractivity contribution in [2.75, 3.05) is 11.1 Å². The molecule has 0 fully saturated rings. The van der Waals surface area contributed by atoms with Crippen LogP contribution in [0, 0.1) is 0 Å². The number of anilines is 2. The Kier molecular flexibility index (Phi) is 5.10. The van der Waals surface area contributed by atoms with Gasteiger partial charge < -0.3 is 15.8 Å². The van der Waals surface area contributed by atoms with E-state index in [0.29, 0.717) is 17.7 Å². The number of benzene rings is 2. The Morgan fingerprint density at radius 3 is 2.48 bits per heavy atom. The molecule has 0 aliphatic rings. The van der Waals surface area contributed by atoms with Crippen LogP contribution in [0.3, 0.4) is 0 Å². The van der Waals surface area contributed by atoms with E-state index < -0.39 is 0 Å². The largest absolute Gasteiger partial charge is 0.398 e. The summed E-state index contributed by atoms with van der Waals surface area (Å²) in [5.41, 5.74) is 8.57. The van der Waals surface area contributed by atoms with Gasteiger partial charge in [-0.25, -0.2) is 0 Å². The maximum absolute atomic E-state index is 12.1. The summed E-state index contributed by atoms with van der Waals surface area (Å²) in [6, 6.07) is 14.6. The summed E-state index contributed by atoms with van der Waals surface area (Å²) in [6.45, 7) is 0. The van der Waals surface area contributed by atoms with Crippen LogP contribution < -0.4 is 11.1 Å². The maximum Gasteiger partial charge on any atom is 0.257 e. The third kappa shape index (κ3) is 4.18. The molecule has 0 saturated heterocycles. The zero-order valence-electron chi connectivity index (χ0n) is 11.7. The molecule has 2 aromatic carbocycles. The highest BCUT2D eigenvalue weighted by Crippen LogP contribution is 2.15. The standard InChI is InChI=1S/C17H18N2O2/c18-16-7-2-1-6-15(16)17(21)19-14-10-8-13(9-11-14)5-3-4-12-20/h1-2,6-12H,3-5,18H2,(H,19,21). The van der Waals surface area contributed by atoms with Crippen molar-refractivity contribution >= 4 is 23.6 Å². The van der Waals surface area contributed by atoms with Gasteiger partial charge in [-0.1, -0.05) is 24.3 Å². The predicted octanol–water partition coefficient (Wildman–Crippen LogP) is 3.04.